The third kappa shape index (κ3) is 6.22. The van der Waals surface area contributed by atoms with Crippen LogP contribution >= 0.6 is 0 Å². The van der Waals surface area contributed by atoms with E-state index in [0.717, 1.165) is 19.0 Å². The lowest BCUT2D eigenvalue weighted by Gasteiger charge is -2.07. The minimum absolute atomic E-state index is 0.234. The molecular weight excluding hydrogens is 224 g/mol. The highest BCUT2D eigenvalue weighted by molar-refractivity contribution is 5.23. The van der Waals surface area contributed by atoms with Crippen LogP contribution in [0.3, 0.4) is 0 Å². The highest BCUT2D eigenvalue weighted by Gasteiger charge is 2.00. The quantitative estimate of drug-likeness (QED) is 0.708. The van der Waals surface area contributed by atoms with E-state index in [4.69, 9.17) is 4.74 Å². The van der Waals surface area contributed by atoms with Gasteiger partial charge in [-0.2, -0.15) is 0 Å². The van der Waals surface area contributed by atoms with Crippen molar-refractivity contribution in [1.29, 1.82) is 0 Å². The molecule has 0 heterocycles. The summed E-state index contributed by atoms with van der Waals surface area (Å²) in [4.78, 5) is 0. The fourth-order valence-corrected chi connectivity index (χ4v) is 1.48. The Morgan fingerprint density at radius 3 is 2.41 bits per heavy atom. The van der Waals surface area contributed by atoms with Crippen molar-refractivity contribution in [1.82, 2.24) is 5.32 Å². The van der Waals surface area contributed by atoms with Crippen LogP contribution in [-0.4, -0.2) is 19.7 Å². The van der Waals surface area contributed by atoms with E-state index in [0.29, 0.717) is 13.2 Å². The minimum atomic E-state index is -0.615. The van der Waals surface area contributed by atoms with Gasteiger partial charge in [0.25, 0.3) is 0 Å². The molecule has 0 saturated heterocycles. The van der Waals surface area contributed by atoms with Crippen LogP contribution in [-0.2, 0) is 0 Å². The topological polar surface area (TPSA) is 21.3 Å². The SMILES string of the molecule is CCCCCNCCOc1cc(F)cc(F)c1. The van der Waals surface area contributed by atoms with E-state index in [9.17, 15) is 8.78 Å². The molecule has 1 N–H and O–H groups in total. The van der Waals surface area contributed by atoms with Crippen LogP contribution in [0, 0.1) is 11.6 Å². The maximum Gasteiger partial charge on any atom is 0.129 e. The molecule has 0 bridgehead atoms. The predicted octanol–water partition coefficient (Wildman–Crippen LogP) is 3.12. The minimum Gasteiger partial charge on any atom is -0.492 e. The third-order valence-corrected chi connectivity index (χ3v) is 2.34. The van der Waals surface area contributed by atoms with Crippen molar-refractivity contribution < 1.29 is 13.5 Å². The van der Waals surface area contributed by atoms with Crippen LogP contribution in [0.25, 0.3) is 0 Å². The van der Waals surface area contributed by atoms with Crippen molar-refractivity contribution in [3.63, 3.8) is 0 Å². The van der Waals surface area contributed by atoms with Gasteiger partial charge in [0.1, 0.15) is 24.0 Å². The van der Waals surface area contributed by atoms with Gasteiger partial charge in [-0.3, -0.25) is 0 Å². The third-order valence-electron chi connectivity index (χ3n) is 2.34. The fourth-order valence-electron chi connectivity index (χ4n) is 1.48. The van der Waals surface area contributed by atoms with Gasteiger partial charge in [0, 0.05) is 24.7 Å². The van der Waals surface area contributed by atoms with Crippen LogP contribution in [0.4, 0.5) is 8.78 Å². The second kappa shape index (κ2) is 8.01. The van der Waals surface area contributed by atoms with Gasteiger partial charge in [0.2, 0.25) is 0 Å². The van der Waals surface area contributed by atoms with Gasteiger partial charge in [-0.05, 0) is 13.0 Å². The number of rotatable bonds is 8. The highest BCUT2D eigenvalue weighted by atomic mass is 19.1. The summed E-state index contributed by atoms with van der Waals surface area (Å²) in [7, 11) is 0. The molecule has 0 unspecified atom stereocenters. The molecule has 17 heavy (non-hydrogen) atoms. The van der Waals surface area contributed by atoms with Crippen molar-refractivity contribution >= 4 is 0 Å². The number of halogens is 2. The zero-order valence-electron chi connectivity index (χ0n) is 10.1. The standard InChI is InChI=1S/C13H19F2NO/c1-2-3-4-5-16-6-7-17-13-9-11(14)8-12(15)10-13/h8-10,16H,2-7H2,1H3. The Kier molecular flexibility index (Phi) is 6.55. The van der Waals surface area contributed by atoms with Crippen molar-refractivity contribution in [2.24, 2.45) is 0 Å². The fraction of sp³-hybridized carbons (Fsp3) is 0.538. The lowest BCUT2D eigenvalue weighted by molar-refractivity contribution is 0.310. The Morgan fingerprint density at radius 2 is 1.76 bits per heavy atom. The first-order valence-electron chi connectivity index (χ1n) is 6.02. The average Bonchev–Trinajstić information content (AvgIpc) is 2.26. The molecule has 2 nitrogen and oxygen atoms in total. The van der Waals surface area contributed by atoms with Gasteiger partial charge in [0.15, 0.2) is 0 Å². The van der Waals surface area contributed by atoms with Gasteiger partial charge in [-0.1, -0.05) is 19.8 Å². The zero-order chi connectivity index (χ0) is 12.5. The van der Waals surface area contributed by atoms with Crippen LogP contribution in [0.15, 0.2) is 18.2 Å². The molecule has 0 aliphatic heterocycles. The Morgan fingerprint density at radius 1 is 1.06 bits per heavy atom. The molecule has 0 radical (unpaired) electrons. The van der Waals surface area contributed by atoms with E-state index in [1.54, 1.807) is 0 Å². The van der Waals surface area contributed by atoms with Crippen molar-refractivity contribution in [3.05, 3.63) is 29.8 Å². The average molecular weight is 243 g/mol. The largest absolute Gasteiger partial charge is 0.492 e. The molecule has 0 saturated carbocycles. The second-order valence-electron chi connectivity index (χ2n) is 3.91. The highest BCUT2D eigenvalue weighted by Crippen LogP contribution is 2.14. The molecule has 1 rings (SSSR count). The summed E-state index contributed by atoms with van der Waals surface area (Å²) in [5.41, 5.74) is 0. The summed E-state index contributed by atoms with van der Waals surface area (Å²) in [6.45, 7) is 4.20. The van der Waals surface area contributed by atoms with Crippen LogP contribution < -0.4 is 10.1 Å². The molecule has 0 fully saturated rings. The lowest BCUT2D eigenvalue weighted by Crippen LogP contribution is -2.22. The maximum absolute atomic E-state index is 12.8. The summed E-state index contributed by atoms with van der Waals surface area (Å²) in [5, 5.41) is 3.21. The Labute approximate surface area is 101 Å². The summed E-state index contributed by atoms with van der Waals surface area (Å²) in [6.07, 6.45) is 3.55. The molecule has 0 aliphatic carbocycles. The predicted molar refractivity (Wildman–Crippen MR) is 64.2 cm³/mol. The van der Waals surface area contributed by atoms with E-state index >= 15 is 0 Å². The van der Waals surface area contributed by atoms with Gasteiger partial charge < -0.3 is 10.1 Å². The molecule has 0 amide bonds. The molecule has 0 atom stereocenters. The normalized spacial score (nSPS) is 10.5. The first-order valence-corrected chi connectivity index (χ1v) is 6.02. The van der Waals surface area contributed by atoms with E-state index in [-0.39, 0.29) is 5.75 Å². The van der Waals surface area contributed by atoms with Gasteiger partial charge >= 0.3 is 0 Å². The Hall–Kier alpha value is -1.16. The first-order chi connectivity index (χ1) is 8.22. The van der Waals surface area contributed by atoms with Crippen LogP contribution in [0.2, 0.25) is 0 Å². The van der Waals surface area contributed by atoms with Crippen LogP contribution in [0.1, 0.15) is 26.2 Å². The molecule has 0 spiro atoms. The van der Waals surface area contributed by atoms with Crippen molar-refractivity contribution in [3.8, 4) is 5.75 Å². The van der Waals surface area contributed by atoms with E-state index in [1.165, 1.54) is 25.0 Å². The zero-order valence-corrected chi connectivity index (χ0v) is 10.1. The molecule has 1 aromatic rings. The second-order valence-corrected chi connectivity index (χ2v) is 3.91. The van der Waals surface area contributed by atoms with E-state index < -0.39 is 11.6 Å². The number of benzene rings is 1. The lowest BCUT2D eigenvalue weighted by atomic mass is 10.2. The van der Waals surface area contributed by atoms with Gasteiger partial charge in [0.05, 0.1) is 0 Å². The molecule has 4 heteroatoms. The molecule has 96 valence electrons. The van der Waals surface area contributed by atoms with Gasteiger partial charge in [-0.25, -0.2) is 8.78 Å². The first kappa shape index (κ1) is 13.9. The number of unbranched alkanes of at least 4 members (excludes halogenated alkanes) is 2. The monoisotopic (exact) mass is 243 g/mol. The summed E-state index contributed by atoms with van der Waals surface area (Å²) in [5.74, 6) is -0.996. The molecule has 0 aliphatic rings. The molecule has 1 aromatic carbocycles. The summed E-state index contributed by atoms with van der Waals surface area (Å²) >= 11 is 0. The number of hydrogen-bond acceptors (Lipinski definition) is 2. The van der Waals surface area contributed by atoms with E-state index in [1.807, 2.05) is 0 Å². The van der Waals surface area contributed by atoms with Crippen LogP contribution in [0.5, 0.6) is 5.75 Å². The smallest absolute Gasteiger partial charge is 0.129 e. The Balaban J connectivity index is 2.13. The summed E-state index contributed by atoms with van der Waals surface area (Å²) in [6, 6.07) is 3.19. The number of nitrogens with one attached hydrogen (secondary N) is 1. The van der Waals surface area contributed by atoms with Gasteiger partial charge in [-0.15, -0.1) is 0 Å². The summed E-state index contributed by atoms with van der Waals surface area (Å²) < 4.78 is 30.8. The Bertz CT molecular complexity index is 311. The molecular formula is C13H19F2NO. The van der Waals surface area contributed by atoms with E-state index in [2.05, 4.69) is 12.2 Å². The maximum atomic E-state index is 12.8. The van der Waals surface area contributed by atoms with Crippen molar-refractivity contribution in [2.75, 3.05) is 19.7 Å². The number of ether oxygens (including phenoxy) is 1. The van der Waals surface area contributed by atoms with Crippen molar-refractivity contribution in [2.45, 2.75) is 26.2 Å². The number of hydrogen-bond donors (Lipinski definition) is 1. The molecule has 0 aromatic heterocycles.